The zero-order valence-electron chi connectivity index (χ0n) is 12.7. The molecule has 0 aliphatic rings. The monoisotopic (exact) mass is 323 g/mol. The highest BCUT2D eigenvalue weighted by molar-refractivity contribution is 5.98. The van der Waals surface area contributed by atoms with Crippen molar-refractivity contribution in [3.8, 4) is 17.1 Å². The molecule has 0 amide bonds. The van der Waals surface area contributed by atoms with E-state index in [1.165, 1.54) is 18.4 Å². The maximum Gasteiger partial charge on any atom is 0.273 e. The molecule has 0 saturated carbocycles. The number of furan rings is 1. The van der Waals surface area contributed by atoms with E-state index in [2.05, 4.69) is 10.1 Å². The lowest BCUT2D eigenvalue weighted by Crippen LogP contribution is -1.98. The van der Waals surface area contributed by atoms with Crippen molar-refractivity contribution >= 4 is 11.4 Å². The number of rotatable bonds is 5. The molecule has 0 aliphatic carbocycles. The molecule has 3 rings (SSSR count). The molecule has 0 fully saturated rings. The number of nitrogens with zero attached hydrogens (tertiary/aromatic N) is 3. The van der Waals surface area contributed by atoms with Crippen molar-refractivity contribution in [1.82, 2.24) is 4.98 Å². The van der Waals surface area contributed by atoms with Crippen molar-refractivity contribution in [2.24, 2.45) is 5.16 Å². The second-order valence-corrected chi connectivity index (χ2v) is 4.96. The van der Waals surface area contributed by atoms with Crippen LogP contribution in [0.15, 0.2) is 70.7 Å². The van der Waals surface area contributed by atoms with Crippen LogP contribution in [0, 0.1) is 10.1 Å². The molecule has 2 aromatic heterocycles. The summed E-state index contributed by atoms with van der Waals surface area (Å²) in [5.74, 6) is 0.760. The van der Waals surface area contributed by atoms with Crippen molar-refractivity contribution in [3.63, 3.8) is 0 Å². The van der Waals surface area contributed by atoms with Crippen molar-refractivity contribution in [2.45, 2.75) is 6.92 Å². The van der Waals surface area contributed by atoms with Crippen molar-refractivity contribution in [1.29, 1.82) is 0 Å². The van der Waals surface area contributed by atoms with E-state index >= 15 is 0 Å². The van der Waals surface area contributed by atoms with E-state index in [4.69, 9.17) is 9.25 Å². The van der Waals surface area contributed by atoms with Crippen LogP contribution < -0.4 is 4.84 Å². The molecule has 1 aromatic carbocycles. The standard InChI is InChI=1S/C17H13N3O4/c1-12(13-4-2-6-18-11-13)19-24-16-9-14(17-5-3-7-23-17)8-15(10-16)20(21)22/h2-11H,1H3. The van der Waals surface area contributed by atoms with Crippen LogP contribution in [0.4, 0.5) is 5.69 Å². The second kappa shape index (κ2) is 6.74. The quantitative estimate of drug-likeness (QED) is 0.401. The van der Waals surface area contributed by atoms with Crippen molar-refractivity contribution in [2.75, 3.05) is 0 Å². The van der Waals surface area contributed by atoms with Gasteiger partial charge in [-0.1, -0.05) is 5.16 Å². The third kappa shape index (κ3) is 3.46. The summed E-state index contributed by atoms with van der Waals surface area (Å²) in [5, 5.41) is 15.1. The average Bonchev–Trinajstić information content (AvgIpc) is 3.15. The molecule has 120 valence electrons. The van der Waals surface area contributed by atoms with Crippen molar-refractivity contribution in [3.05, 3.63) is 76.8 Å². The molecule has 0 bridgehead atoms. The predicted octanol–water partition coefficient (Wildman–Crippen LogP) is 4.05. The molecular weight excluding hydrogens is 310 g/mol. The highest BCUT2D eigenvalue weighted by Crippen LogP contribution is 2.30. The summed E-state index contributed by atoms with van der Waals surface area (Å²) in [6.07, 6.45) is 4.82. The van der Waals surface area contributed by atoms with Gasteiger partial charge in [-0.15, -0.1) is 0 Å². The summed E-state index contributed by atoms with van der Waals surface area (Å²) in [5.41, 5.74) is 1.84. The second-order valence-electron chi connectivity index (χ2n) is 4.96. The highest BCUT2D eigenvalue weighted by Gasteiger charge is 2.13. The fourth-order valence-corrected chi connectivity index (χ4v) is 2.08. The first kappa shape index (κ1) is 15.4. The molecule has 2 heterocycles. The van der Waals surface area contributed by atoms with Gasteiger partial charge in [-0.2, -0.15) is 0 Å². The van der Waals surface area contributed by atoms with Gasteiger partial charge in [0.1, 0.15) is 5.76 Å². The SMILES string of the molecule is CC(=NOc1cc(-c2ccco2)cc([N+](=O)[O-])c1)c1cccnc1. The first-order valence-corrected chi connectivity index (χ1v) is 7.09. The molecular formula is C17H13N3O4. The van der Waals surface area contributed by atoms with E-state index in [1.807, 2.05) is 6.07 Å². The Hall–Kier alpha value is -3.48. The molecule has 0 unspecified atom stereocenters. The van der Waals surface area contributed by atoms with Gasteiger partial charge in [-0.3, -0.25) is 15.1 Å². The number of benzene rings is 1. The van der Waals surface area contributed by atoms with Crippen LogP contribution in [0.5, 0.6) is 5.75 Å². The first-order valence-electron chi connectivity index (χ1n) is 7.09. The maximum atomic E-state index is 11.1. The Kier molecular flexibility index (Phi) is 4.33. The summed E-state index contributed by atoms with van der Waals surface area (Å²) in [4.78, 5) is 20.0. The van der Waals surface area contributed by atoms with Crippen molar-refractivity contribution < 1.29 is 14.2 Å². The molecule has 0 aliphatic heterocycles. The number of oxime groups is 1. The van der Waals surface area contributed by atoms with E-state index < -0.39 is 4.92 Å². The highest BCUT2D eigenvalue weighted by atomic mass is 16.6. The van der Waals surface area contributed by atoms with E-state index in [-0.39, 0.29) is 11.4 Å². The minimum atomic E-state index is -0.489. The number of non-ortho nitro benzene ring substituents is 1. The molecule has 7 nitrogen and oxygen atoms in total. The number of pyridine rings is 1. The molecule has 0 saturated heterocycles. The lowest BCUT2D eigenvalue weighted by molar-refractivity contribution is -0.384. The van der Waals surface area contributed by atoms with Crippen LogP contribution in [0.3, 0.4) is 0 Å². The Morgan fingerprint density at radius 3 is 2.83 bits per heavy atom. The van der Waals surface area contributed by atoms with Gasteiger partial charge in [0.25, 0.3) is 5.69 Å². The van der Waals surface area contributed by atoms with Crippen LogP contribution >= 0.6 is 0 Å². The fraction of sp³-hybridized carbons (Fsp3) is 0.0588. The topological polar surface area (TPSA) is 90.8 Å². The minimum absolute atomic E-state index is 0.104. The lowest BCUT2D eigenvalue weighted by atomic mass is 10.1. The summed E-state index contributed by atoms with van der Waals surface area (Å²) in [7, 11) is 0. The molecule has 7 heteroatoms. The maximum absolute atomic E-state index is 11.1. The number of aromatic nitrogens is 1. The summed E-state index contributed by atoms with van der Waals surface area (Å²) < 4.78 is 5.28. The minimum Gasteiger partial charge on any atom is -0.464 e. The van der Waals surface area contributed by atoms with Crippen LogP contribution in [-0.2, 0) is 0 Å². The molecule has 0 atom stereocenters. The Morgan fingerprint density at radius 1 is 1.29 bits per heavy atom. The van der Waals surface area contributed by atoms with Gasteiger partial charge < -0.3 is 9.25 Å². The van der Waals surface area contributed by atoms with E-state index in [0.29, 0.717) is 17.0 Å². The number of nitro benzene ring substituents is 1. The lowest BCUT2D eigenvalue weighted by Gasteiger charge is -2.04. The molecule has 0 radical (unpaired) electrons. The predicted molar refractivity (Wildman–Crippen MR) is 87.9 cm³/mol. The molecule has 0 N–H and O–H groups in total. The van der Waals surface area contributed by atoms with Crippen LogP contribution in [0.1, 0.15) is 12.5 Å². The number of hydrogen-bond donors (Lipinski definition) is 0. The third-order valence-electron chi connectivity index (χ3n) is 3.28. The number of hydrogen-bond acceptors (Lipinski definition) is 6. The zero-order valence-corrected chi connectivity index (χ0v) is 12.7. The summed E-state index contributed by atoms with van der Waals surface area (Å²) in [6, 6.07) is 11.4. The number of nitro groups is 1. The van der Waals surface area contributed by atoms with Gasteiger partial charge in [-0.05, 0) is 37.3 Å². The average molecular weight is 323 g/mol. The Labute approximate surface area is 137 Å². The van der Waals surface area contributed by atoms with E-state index in [0.717, 1.165) is 5.56 Å². The van der Waals surface area contributed by atoms with Gasteiger partial charge in [0.2, 0.25) is 0 Å². The largest absolute Gasteiger partial charge is 0.464 e. The molecule has 3 aromatic rings. The third-order valence-corrected chi connectivity index (χ3v) is 3.28. The Balaban J connectivity index is 1.91. The van der Waals surface area contributed by atoms with Gasteiger partial charge in [0.15, 0.2) is 5.75 Å². The van der Waals surface area contributed by atoms with E-state index in [9.17, 15) is 10.1 Å². The van der Waals surface area contributed by atoms with Gasteiger partial charge >= 0.3 is 0 Å². The summed E-state index contributed by atoms with van der Waals surface area (Å²) in [6.45, 7) is 1.77. The molecule has 24 heavy (non-hydrogen) atoms. The Bertz CT molecular complexity index is 874. The fourth-order valence-electron chi connectivity index (χ4n) is 2.08. The van der Waals surface area contributed by atoms with Gasteiger partial charge in [0.05, 0.1) is 23.0 Å². The Morgan fingerprint density at radius 2 is 2.17 bits per heavy atom. The van der Waals surface area contributed by atoms with Crippen LogP contribution in [-0.4, -0.2) is 15.6 Å². The van der Waals surface area contributed by atoms with E-state index in [1.54, 1.807) is 43.6 Å². The van der Waals surface area contributed by atoms with Crippen LogP contribution in [0.25, 0.3) is 11.3 Å². The van der Waals surface area contributed by atoms with Crippen LogP contribution in [0.2, 0.25) is 0 Å². The van der Waals surface area contributed by atoms with Gasteiger partial charge in [-0.25, -0.2) is 0 Å². The zero-order chi connectivity index (χ0) is 16.9. The normalized spacial score (nSPS) is 11.3. The molecule has 0 spiro atoms. The summed E-state index contributed by atoms with van der Waals surface area (Å²) >= 11 is 0. The smallest absolute Gasteiger partial charge is 0.273 e. The van der Waals surface area contributed by atoms with Gasteiger partial charge in [0, 0.05) is 29.6 Å². The first-order chi connectivity index (χ1) is 11.6.